The van der Waals surface area contributed by atoms with Crippen molar-refractivity contribution in [2.24, 2.45) is 0 Å². The molecule has 0 aliphatic carbocycles. The van der Waals surface area contributed by atoms with Gasteiger partial charge in [-0.1, -0.05) is 0 Å². The Kier molecular flexibility index (Phi) is 3.66. The van der Waals surface area contributed by atoms with E-state index in [4.69, 9.17) is 0 Å². The lowest BCUT2D eigenvalue weighted by Gasteiger charge is -2.11. The molecule has 0 aliphatic rings. The van der Waals surface area contributed by atoms with Gasteiger partial charge in [-0.25, -0.2) is 18.2 Å². The van der Waals surface area contributed by atoms with Gasteiger partial charge >= 0.3 is 6.36 Å². The molecule has 0 spiro atoms. The summed E-state index contributed by atoms with van der Waals surface area (Å²) in [5.41, 5.74) is -0.987. The minimum Gasteiger partial charge on any atom is -0.400 e. The van der Waals surface area contributed by atoms with Gasteiger partial charge in [0.25, 0.3) is 6.43 Å². The van der Waals surface area contributed by atoms with E-state index in [1.807, 2.05) is 0 Å². The summed E-state index contributed by atoms with van der Waals surface area (Å²) in [4.78, 5) is 3.02. The number of pyridine rings is 1. The van der Waals surface area contributed by atoms with Gasteiger partial charge in [0.15, 0.2) is 16.2 Å². The van der Waals surface area contributed by atoms with Crippen LogP contribution in [0.3, 0.4) is 0 Å². The molecule has 0 bridgehead atoms. The highest BCUT2D eigenvalue weighted by atomic mass is 79.9. The number of hydrogen-bond donors (Lipinski definition) is 0. The normalized spacial score (nSPS) is 12.0. The smallest absolute Gasteiger partial charge is 0.400 e. The van der Waals surface area contributed by atoms with Crippen molar-refractivity contribution < 1.29 is 31.1 Å². The summed E-state index contributed by atoms with van der Waals surface area (Å²) in [6.07, 6.45) is -8.22. The van der Waals surface area contributed by atoms with Crippen molar-refractivity contribution in [2.45, 2.75) is 12.8 Å². The molecule has 0 N–H and O–H groups in total. The molecule has 0 radical (unpaired) electrons. The first kappa shape index (κ1) is 13.1. The SMILES string of the molecule is Fc1cc(C(F)F)nc(Br)c1OC(F)(F)F. The number of hydrogen-bond acceptors (Lipinski definition) is 2. The van der Waals surface area contributed by atoms with Crippen LogP contribution in [0.4, 0.5) is 26.3 Å². The van der Waals surface area contributed by atoms with E-state index in [2.05, 4.69) is 25.7 Å². The predicted octanol–water partition coefficient (Wildman–Crippen LogP) is 3.82. The van der Waals surface area contributed by atoms with Gasteiger partial charge in [0, 0.05) is 6.07 Å². The molecule has 2 nitrogen and oxygen atoms in total. The van der Waals surface area contributed by atoms with E-state index in [-0.39, 0.29) is 6.07 Å². The number of ether oxygens (including phenoxy) is 1. The maximum absolute atomic E-state index is 13.0. The lowest BCUT2D eigenvalue weighted by atomic mass is 10.3. The van der Waals surface area contributed by atoms with E-state index >= 15 is 0 Å². The van der Waals surface area contributed by atoms with Crippen LogP contribution in [0, 0.1) is 5.82 Å². The van der Waals surface area contributed by atoms with Crippen molar-refractivity contribution in [1.29, 1.82) is 0 Å². The standard InChI is InChI=1S/C7H2BrF6NO/c8-5-4(16-7(12,13)14)2(9)1-3(15-5)6(10)11/h1,6H. The lowest BCUT2D eigenvalue weighted by Crippen LogP contribution is -2.18. The van der Waals surface area contributed by atoms with Gasteiger partial charge in [-0.2, -0.15) is 0 Å². The van der Waals surface area contributed by atoms with Gasteiger partial charge in [0.1, 0.15) is 5.69 Å². The fourth-order valence-corrected chi connectivity index (χ4v) is 1.28. The van der Waals surface area contributed by atoms with E-state index in [9.17, 15) is 26.3 Å². The van der Waals surface area contributed by atoms with E-state index in [1.54, 1.807) is 0 Å². The van der Waals surface area contributed by atoms with Crippen LogP contribution in [-0.2, 0) is 0 Å². The number of rotatable bonds is 2. The third kappa shape index (κ3) is 3.26. The predicted molar refractivity (Wildman–Crippen MR) is 43.5 cm³/mol. The first-order valence-corrected chi connectivity index (χ1v) is 4.40. The van der Waals surface area contributed by atoms with Crippen LogP contribution in [0.5, 0.6) is 5.75 Å². The molecule has 1 aromatic heterocycles. The Morgan fingerprint density at radius 3 is 2.25 bits per heavy atom. The van der Waals surface area contributed by atoms with E-state index < -0.39 is 34.7 Å². The third-order valence-electron chi connectivity index (χ3n) is 1.35. The van der Waals surface area contributed by atoms with Gasteiger partial charge in [0.05, 0.1) is 0 Å². The molecular formula is C7H2BrF6NO. The molecule has 0 saturated heterocycles. The molecule has 0 fully saturated rings. The van der Waals surface area contributed by atoms with Crippen LogP contribution in [0.15, 0.2) is 10.7 Å². The molecule has 0 atom stereocenters. The van der Waals surface area contributed by atoms with Crippen molar-refractivity contribution in [3.8, 4) is 5.75 Å². The number of alkyl halides is 5. The Morgan fingerprint density at radius 2 is 1.88 bits per heavy atom. The Hall–Kier alpha value is -0.990. The van der Waals surface area contributed by atoms with Crippen LogP contribution >= 0.6 is 15.9 Å². The van der Waals surface area contributed by atoms with Gasteiger partial charge < -0.3 is 4.74 Å². The van der Waals surface area contributed by atoms with Crippen LogP contribution < -0.4 is 4.74 Å². The van der Waals surface area contributed by atoms with Crippen LogP contribution in [-0.4, -0.2) is 11.3 Å². The summed E-state index contributed by atoms with van der Waals surface area (Å²) in [7, 11) is 0. The molecule has 0 unspecified atom stereocenters. The third-order valence-corrected chi connectivity index (χ3v) is 1.88. The molecule has 0 saturated carbocycles. The minimum atomic E-state index is -5.13. The molecule has 1 rings (SSSR count). The highest BCUT2D eigenvalue weighted by Crippen LogP contribution is 2.33. The summed E-state index contributed by atoms with van der Waals surface area (Å²) < 4.78 is 75.0. The Morgan fingerprint density at radius 1 is 1.31 bits per heavy atom. The maximum Gasteiger partial charge on any atom is 0.573 e. The fourth-order valence-electron chi connectivity index (χ4n) is 0.809. The Bertz CT molecular complexity index is 370. The van der Waals surface area contributed by atoms with E-state index in [0.717, 1.165) is 0 Å². The second kappa shape index (κ2) is 4.48. The van der Waals surface area contributed by atoms with Crippen molar-refractivity contribution in [3.63, 3.8) is 0 Å². The Labute approximate surface area is 93.4 Å². The van der Waals surface area contributed by atoms with Gasteiger partial charge in [-0.15, -0.1) is 13.2 Å². The highest BCUT2D eigenvalue weighted by molar-refractivity contribution is 9.10. The summed E-state index contributed by atoms with van der Waals surface area (Å²) in [5, 5.41) is 0. The molecule has 0 amide bonds. The Balaban J connectivity index is 3.13. The van der Waals surface area contributed by atoms with E-state index in [1.165, 1.54) is 0 Å². The fraction of sp³-hybridized carbons (Fsp3) is 0.286. The average Bonchev–Trinajstić information content (AvgIpc) is 2.09. The maximum atomic E-state index is 13.0. The van der Waals surface area contributed by atoms with Crippen LogP contribution in [0.25, 0.3) is 0 Å². The zero-order valence-corrected chi connectivity index (χ0v) is 8.74. The summed E-state index contributed by atoms with van der Waals surface area (Å²) in [6, 6.07) is 0.177. The summed E-state index contributed by atoms with van der Waals surface area (Å²) in [5.74, 6) is -2.86. The highest BCUT2D eigenvalue weighted by Gasteiger charge is 2.34. The first-order valence-electron chi connectivity index (χ1n) is 3.60. The van der Waals surface area contributed by atoms with Crippen molar-refractivity contribution in [2.75, 3.05) is 0 Å². The quantitative estimate of drug-likeness (QED) is 0.612. The van der Waals surface area contributed by atoms with Crippen molar-refractivity contribution in [3.05, 3.63) is 22.2 Å². The molecule has 0 aliphatic heterocycles. The van der Waals surface area contributed by atoms with E-state index in [0.29, 0.717) is 0 Å². The second-order valence-electron chi connectivity index (χ2n) is 2.50. The molecule has 1 heterocycles. The molecule has 9 heteroatoms. The second-order valence-corrected chi connectivity index (χ2v) is 3.25. The van der Waals surface area contributed by atoms with Gasteiger partial charge in [-0.3, -0.25) is 0 Å². The summed E-state index contributed by atoms with van der Waals surface area (Å²) >= 11 is 2.41. The lowest BCUT2D eigenvalue weighted by molar-refractivity contribution is -0.276. The molecule has 90 valence electrons. The average molecular weight is 310 g/mol. The number of nitrogens with zero attached hydrogens (tertiary/aromatic N) is 1. The monoisotopic (exact) mass is 309 g/mol. The zero-order valence-electron chi connectivity index (χ0n) is 7.16. The largest absolute Gasteiger partial charge is 0.573 e. The van der Waals surface area contributed by atoms with Crippen molar-refractivity contribution in [1.82, 2.24) is 4.98 Å². The van der Waals surface area contributed by atoms with Crippen LogP contribution in [0.2, 0.25) is 0 Å². The van der Waals surface area contributed by atoms with Gasteiger partial charge in [-0.05, 0) is 15.9 Å². The topological polar surface area (TPSA) is 22.1 Å². The first-order chi connectivity index (χ1) is 7.20. The summed E-state index contributed by atoms with van der Waals surface area (Å²) in [6.45, 7) is 0. The van der Waals surface area contributed by atoms with Gasteiger partial charge in [0.2, 0.25) is 0 Å². The molecule has 1 aromatic rings. The van der Waals surface area contributed by atoms with Crippen LogP contribution in [0.1, 0.15) is 12.1 Å². The molecular weight excluding hydrogens is 308 g/mol. The minimum absolute atomic E-state index is 0.177. The van der Waals surface area contributed by atoms with Crippen molar-refractivity contribution >= 4 is 15.9 Å². The molecule has 16 heavy (non-hydrogen) atoms. The zero-order chi connectivity index (χ0) is 12.5. The molecule has 0 aromatic carbocycles. The number of halogens is 7. The number of aromatic nitrogens is 1.